The average molecular weight is 475 g/mol. The zero-order valence-corrected chi connectivity index (χ0v) is 17.5. The Balaban J connectivity index is 2.12. The third-order valence-electron chi connectivity index (χ3n) is 5.12. The zero-order chi connectivity index (χ0) is 18.0. The van der Waals surface area contributed by atoms with Crippen LogP contribution in [0.1, 0.15) is 12.6 Å². The Morgan fingerprint density at radius 2 is 1.92 bits per heavy atom. The van der Waals surface area contributed by atoms with Crippen molar-refractivity contribution in [2.24, 2.45) is 0 Å². The first kappa shape index (κ1) is 17.3. The number of rotatable bonds is 0. The highest BCUT2D eigenvalue weighted by molar-refractivity contribution is 14.1. The summed E-state index contributed by atoms with van der Waals surface area (Å²) in [5, 5.41) is 1.50. The first-order chi connectivity index (χ1) is 11.8. The predicted molar refractivity (Wildman–Crippen MR) is 109 cm³/mol. The van der Waals surface area contributed by atoms with Crippen molar-refractivity contribution in [3.05, 3.63) is 21.2 Å². The van der Waals surface area contributed by atoms with E-state index in [0.717, 1.165) is 36.4 Å². The molecule has 2 aliphatic rings. The number of pyridine rings is 1. The highest BCUT2D eigenvalue weighted by Gasteiger charge is 2.38. The van der Waals surface area contributed by atoms with Crippen molar-refractivity contribution in [3.8, 4) is 0 Å². The SMILES string of the molecule is Cc1nc2c3c(nc(=O)n2I)N2C(C)CN(C)CC2CN(C)c3c1Cl. The fourth-order valence-electron chi connectivity index (χ4n) is 4.18. The molecule has 2 aliphatic heterocycles. The van der Waals surface area contributed by atoms with Gasteiger partial charge in [-0.1, -0.05) is 11.6 Å². The van der Waals surface area contributed by atoms with Gasteiger partial charge in [0, 0.05) is 32.7 Å². The topological polar surface area (TPSA) is 57.5 Å². The predicted octanol–water partition coefficient (Wildman–Crippen LogP) is 1.91. The minimum Gasteiger partial charge on any atom is -0.371 e. The fourth-order valence-corrected chi connectivity index (χ4v) is 4.92. The quantitative estimate of drug-likeness (QED) is 0.544. The molecule has 25 heavy (non-hydrogen) atoms. The van der Waals surface area contributed by atoms with Crippen molar-refractivity contribution in [1.29, 1.82) is 0 Å². The number of aryl methyl sites for hydroxylation is 1. The molecule has 1 fully saturated rings. The standard InChI is InChI=1S/C16H20ClIN6O/c1-8-5-21(3)6-10-7-22(4)13-11-14(23(8)10)20-16(25)24(18)15(11)19-9(2)12(13)17/h8,10H,5-7H2,1-4H3. The molecule has 0 bridgehead atoms. The van der Waals surface area contributed by atoms with Crippen LogP contribution in [0.15, 0.2) is 4.79 Å². The maximum absolute atomic E-state index is 12.5. The lowest BCUT2D eigenvalue weighted by molar-refractivity contribution is 0.234. The number of nitrogens with zero attached hydrogens (tertiary/aromatic N) is 6. The van der Waals surface area contributed by atoms with E-state index < -0.39 is 0 Å². The van der Waals surface area contributed by atoms with E-state index >= 15 is 0 Å². The molecule has 0 saturated carbocycles. The molecule has 4 rings (SSSR count). The van der Waals surface area contributed by atoms with Crippen LogP contribution in [0, 0.1) is 6.92 Å². The number of fused-ring (bicyclic) bond motifs is 2. The van der Waals surface area contributed by atoms with E-state index in [1.807, 2.05) is 29.8 Å². The third kappa shape index (κ3) is 2.52. The maximum atomic E-state index is 12.5. The van der Waals surface area contributed by atoms with Gasteiger partial charge < -0.3 is 14.7 Å². The smallest absolute Gasteiger partial charge is 0.360 e. The van der Waals surface area contributed by atoms with Crippen LogP contribution >= 0.6 is 34.5 Å². The Hall–Kier alpha value is -1.13. The van der Waals surface area contributed by atoms with Gasteiger partial charge in [0.05, 0.1) is 50.7 Å². The summed E-state index contributed by atoms with van der Waals surface area (Å²) in [7, 11) is 4.19. The number of piperazine rings is 1. The summed E-state index contributed by atoms with van der Waals surface area (Å²) in [6.07, 6.45) is 0. The zero-order valence-electron chi connectivity index (χ0n) is 14.6. The van der Waals surface area contributed by atoms with Crippen molar-refractivity contribution < 1.29 is 0 Å². The van der Waals surface area contributed by atoms with Crippen LogP contribution in [0.2, 0.25) is 5.02 Å². The van der Waals surface area contributed by atoms with Gasteiger partial charge in [-0.3, -0.25) is 0 Å². The van der Waals surface area contributed by atoms with Crippen LogP contribution in [0.25, 0.3) is 11.0 Å². The summed E-state index contributed by atoms with van der Waals surface area (Å²) in [5.74, 6) is 0.715. The molecule has 2 aromatic heterocycles. The second-order valence-corrected chi connectivity index (χ2v) is 8.41. The van der Waals surface area contributed by atoms with Crippen LogP contribution in [-0.4, -0.2) is 63.5 Å². The van der Waals surface area contributed by atoms with Gasteiger partial charge in [0.25, 0.3) is 0 Å². The lowest BCUT2D eigenvalue weighted by atomic mass is 10.1. The highest BCUT2D eigenvalue weighted by Crippen LogP contribution is 2.42. The monoisotopic (exact) mass is 474 g/mol. The van der Waals surface area contributed by atoms with Gasteiger partial charge in [0.2, 0.25) is 0 Å². The van der Waals surface area contributed by atoms with Gasteiger partial charge in [-0.05, 0) is 20.9 Å². The lowest BCUT2D eigenvalue weighted by Gasteiger charge is -2.45. The summed E-state index contributed by atoms with van der Waals surface area (Å²) >= 11 is 8.62. The van der Waals surface area contributed by atoms with Crippen molar-refractivity contribution in [3.63, 3.8) is 0 Å². The molecule has 0 aromatic carbocycles. The van der Waals surface area contributed by atoms with Crippen LogP contribution in [0.3, 0.4) is 0 Å². The molecular formula is C16H20ClIN6O. The number of hydrogen-bond donors (Lipinski definition) is 0. The van der Waals surface area contributed by atoms with Crippen LogP contribution in [-0.2, 0) is 0 Å². The second-order valence-electron chi connectivity index (χ2n) is 7.07. The summed E-state index contributed by atoms with van der Waals surface area (Å²) in [4.78, 5) is 28.4. The molecule has 0 radical (unpaired) electrons. The van der Waals surface area contributed by atoms with E-state index in [2.05, 4.69) is 45.7 Å². The van der Waals surface area contributed by atoms with E-state index in [4.69, 9.17) is 11.6 Å². The van der Waals surface area contributed by atoms with E-state index in [1.165, 1.54) is 2.78 Å². The van der Waals surface area contributed by atoms with Gasteiger partial charge in [-0.2, -0.15) is 4.98 Å². The van der Waals surface area contributed by atoms with Gasteiger partial charge in [0.15, 0.2) is 5.65 Å². The summed E-state index contributed by atoms with van der Waals surface area (Å²) < 4.78 is 1.48. The van der Waals surface area contributed by atoms with Crippen molar-refractivity contribution in [2.45, 2.75) is 25.9 Å². The Morgan fingerprint density at radius 3 is 2.64 bits per heavy atom. The molecule has 4 heterocycles. The number of halogens is 2. The molecule has 134 valence electrons. The molecule has 7 nitrogen and oxygen atoms in total. The van der Waals surface area contributed by atoms with E-state index in [0.29, 0.717) is 16.5 Å². The van der Waals surface area contributed by atoms with Crippen LogP contribution in [0.4, 0.5) is 11.5 Å². The average Bonchev–Trinajstić information content (AvgIpc) is 2.64. The molecule has 2 atom stereocenters. The second kappa shape index (κ2) is 5.95. The molecule has 0 spiro atoms. The Bertz CT molecular complexity index is 931. The lowest BCUT2D eigenvalue weighted by Crippen LogP contribution is -2.59. The van der Waals surface area contributed by atoms with Crippen molar-refractivity contribution in [2.75, 3.05) is 43.5 Å². The minimum absolute atomic E-state index is 0.239. The molecule has 2 unspecified atom stereocenters. The van der Waals surface area contributed by atoms with Crippen LogP contribution in [0.5, 0.6) is 0 Å². The van der Waals surface area contributed by atoms with Crippen molar-refractivity contribution >= 4 is 57.0 Å². The first-order valence-corrected chi connectivity index (χ1v) is 9.61. The van der Waals surface area contributed by atoms with E-state index in [-0.39, 0.29) is 17.8 Å². The number of aromatic nitrogens is 3. The normalized spacial score (nSPS) is 23.8. The van der Waals surface area contributed by atoms with Gasteiger partial charge in [0.1, 0.15) is 5.82 Å². The van der Waals surface area contributed by atoms with Gasteiger partial charge in [-0.25, -0.2) is 12.6 Å². The van der Waals surface area contributed by atoms with Crippen LogP contribution < -0.4 is 15.5 Å². The molecular weight excluding hydrogens is 455 g/mol. The van der Waals surface area contributed by atoms with Crippen molar-refractivity contribution in [1.82, 2.24) is 17.6 Å². The number of likely N-dealkylation sites (N-methyl/N-ethyl adjacent to an activating group) is 2. The Morgan fingerprint density at radius 1 is 1.20 bits per heavy atom. The maximum Gasteiger partial charge on any atom is 0.360 e. The van der Waals surface area contributed by atoms with E-state index in [9.17, 15) is 4.79 Å². The highest BCUT2D eigenvalue weighted by atomic mass is 127. The third-order valence-corrected chi connectivity index (χ3v) is 6.44. The van der Waals surface area contributed by atoms with Gasteiger partial charge in [-0.15, -0.1) is 0 Å². The molecule has 2 aromatic rings. The minimum atomic E-state index is -0.294. The first-order valence-electron chi connectivity index (χ1n) is 8.26. The fraction of sp³-hybridized carbons (Fsp3) is 0.562. The number of hydrogen-bond acceptors (Lipinski definition) is 6. The molecule has 0 N–H and O–H groups in total. The summed E-state index contributed by atoms with van der Waals surface area (Å²) in [6, 6.07) is 0.492. The largest absolute Gasteiger partial charge is 0.371 e. The molecule has 0 amide bonds. The number of anilines is 2. The van der Waals surface area contributed by atoms with Gasteiger partial charge >= 0.3 is 5.69 Å². The molecule has 1 saturated heterocycles. The molecule has 9 heteroatoms. The Labute approximate surface area is 165 Å². The van der Waals surface area contributed by atoms with E-state index in [1.54, 1.807) is 0 Å². The molecule has 0 aliphatic carbocycles. The summed E-state index contributed by atoms with van der Waals surface area (Å²) in [6.45, 7) is 6.73. The summed E-state index contributed by atoms with van der Waals surface area (Å²) in [5.41, 5.74) is 1.98. The Kier molecular flexibility index (Phi) is 4.12.